The molecule has 0 bridgehead atoms. The summed E-state index contributed by atoms with van der Waals surface area (Å²) in [4.78, 5) is 4.27. The predicted molar refractivity (Wildman–Crippen MR) is 61.1 cm³/mol. The van der Waals surface area contributed by atoms with Crippen molar-refractivity contribution in [1.29, 1.82) is 0 Å². The third-order valence-electron chi connectivity index (χ3n) is 2.38. The Morgan fingerprint density at radius 3 is 2.57 bits per heavy atom. The van der Waals surface area contributed by atoms with Gasteiger partial charge in [0.1, 0.15) is 0 Å². The Kier molecular flexibility index (Phi) is 5.05. The van der Waals surface area contributed by atoms with Crippen LogP contribution in [0.2, 0.25) is 0 Å². The normalized spacial score (nSPS) is 10.4. The molecular formula is C12H20N2. The van der Waals surface area contributed by atoms with Crippen LogP contribution in [-0.4, -0.2) is 4.98 Å². The van der Waals surface area contributed by atoms with Gasteiger partial charge in [0.25, 0.3) is 0 Å². The summed E-state index contributed by atoms with van der Waals surface area (Å²) >= 11 is 0. The molecule has 0 atom stereocenters. The fraction of sp³-hybridized carbons (Fsp3) is 0.583. The highest BCUT2D eigenvalue weighted by Crippen LogP contribution is 2.08. The van der Waals surface area contributed by atoms with Crippen molar-refractivity contribution in [2.24, 2.45) is 0 Å². The van der Waals surface area contributed by atoms with Crippen molar-refractivity contribution in [3.05, 3.63) is 24.0 Å². The molecule has 14 heavy (non-hydrogen) atoms. The van der Waals surface area contributed by atoms with Gasteiger partial charge >= 0.3 is 0 Å². The molecule has 0 radical (unpaired) electrons. The van der Waals surface area contributed by atoms with Gasteiger partial charge in [-0.05, 0) is 25.0 Å². The predicted octanol–water partition coefficient (Wildman–Crippen LogP) is 3.18. The Labute approximate surface area is 86.5 Å². The van der Waals surface area contributed by atoms with Crippen molar-refractivity contribution in [3.63, 3.8) is 0 Å². The number of hydrogen-bond donors (Lipinski definition) is 1. The first-order valence-electron chi connectivity index (χ1n) is 5.53. The average molecular weight is 192 g/mol. The summed E-state index contributed by atoms with van der Waals surface area (Å²) in [5, 5.41) is 0. The van der Waals surface area contributed by atoms with Crippen LogP contribution in [0.1, 0.15) is 44.7 Å². The molecule has 0 aromatic carbocycles. The van der Waals surface area contributed by atoms with Gasteiger partial charge in [0.05, 0.1) is 11.9 Å². The van der Waals surface area contributed by atoms with E-state index in [1.165, 1.54) is 32.1 Å². The minimum Gasteiger partial charge on any atom is -0.397 e. The average Bonchev–Trinajstić information content (AvgIpc) is 2.21. The van der Waals surface area contributed by atoms with Gasteiger partial charge < -0.3 is 5.73 Å². The molecule has 0 unspecified atom stereocenters. The molecule has 2 heteroatoms. The molecule has 0 aliphatic rings. The van der Waals surface area contributed by atoms with Crippen LogP contribution in [0, 0.1) is 0 Å². The summed E-state index contributed by atoms with van der Waals surface area (Å²) in [6, 6.07) is 3.95. The Balaban J connectivity index is 2.15. The summed E-state index contributed by atoms with van der Waals surface area (Å²) in [5.74, 6) is 0. The minimum absolute atomic E-state index is 0.750. The van der Waals surface area contributed by atoms with Crippen molar-refractivity contribution >= 4 is 5.69 Å². The highest BCUT2D eigenvalue weighted by Gasteiger charge is 1.94. The van der Waals surface area contributed by atoms with E-state index < -0.39 is 0 Å². The molecule has 0 aliphatic carbocycles. The number of rotatable bonds is 6. The van der Waals surface area contributed by atoms with Crippen molar-refractivity contribution in [3.8, 4) is 0 Å². The maximum Gasteiger partial charge on any atom is 0.0501 e. The van der Waals surface area contributed by atoms with E-state index in [0.717, 1.165) is 17.8 Å². The molecule has 1 rings (SSSR count). The SMILES string of the molecule is CCCCCCCc1ccc(N)cn1. The van der Waals surface area contributed by atoms with Crippen LogP contribution in [0.5, 0.6) is 0 Å². The first kappa shape index (κ1) is 11.0. The second-order valence-corrected chi connectivity index (χ2v) is 3.75. The van der Waals surface area contributed by atoms with E-state index in [1.807, 2.05) is 12.1 Å². The molecule has 2 nitrogen and oxygen atoms in total. The molecule has 0 amide bonds. The van der Waals surface area contributed by atoms with Gasteiger partial charge in [0, 0.05) is 5.69 Å². The summed E-state index contributed by atoms with van der Waals surface area (Å²) in [5.41, 5.74) is 7.47. The van der Waals surface area contributed by atoms with Gasteiger partial charge in [-0.3, -0.25) is 4.98 Å². The number of pyridine rings is 1. The fourth-order valence-corrected chi connectivity index (χ4v) is 1.49. The topological polar surface area (TPSA) is 38.9 Å². The van der Waals surface area contributed by atoms with E-state index in [9.17, 15) is 0 Å². The third-order valence-corrected chi connectivity index (χ3v) is 2.38. The number of anilines is 1. The number of aromatic nitrogens is 1. The Morgan fingerprint density at radius 1 is 1.14 bits per heavy atom. The molecule has 0 aliphatic heterocycles. The molecule has 0 fully saturated rings. The van der Waals surface area contributed by atoms with Crippen LogP contribution in [0.3, 0.4) is 0 Å². The molecule has 78 valence electrons. The molecule has 2 N–H and O–H groups in total. The maximum absolute atomic E-state index is 5.56. The van der Waals surface area contributed by atoms with Crippen molar-refractivity contribution in [2.75, 3.05) is 5.73 Å². The van der Waals surface area contributed by atoms with Crippen LogP contribution in [0.15, 0.2) is 18.3 Å². The molecule has 0 saturated carbocycles. The molecule has 1 aromatic heterocycles. The lowest BCUT2D eigenvalue weighted by Gasteiger charge is -2.01. The Bertz CT molecular complexity index is 241. The van der Waals surface area contributed by atoms with Crippen LogP contribution < -0.4 is 5.73 Å². The van der Waals surface area contributed by atoms with E-state index in [1.54, 1.807) is 6.20 Å². The zero-order valence-electron chi connectivity index (χ0n) is 9.00. The molecule has 1 heterocycles. The molecule has 1 aromatic rings. The van der Waals surface area contributed by atoms with E-state index in [-0.39, 0.29) is 0 Å². The Morgan fingerprint density at radius 2 is 1.93 bits per heavy atom. The van der Waals surface area contributed by atoms with Gasteiger partial charge in [0.2, 0.25) is 0 Å². The van der Waals surface area contributed by atoms with Gasteiger partial charge in [-0.25, -0.2) is 0 Å². The largest absolute Gasteiger partial charge is 0.397 e. The number of aryl methyl sites for hydroxylation is 1. The summed E-state index contributed by atoms with van der Waals surface area (Å²) in [6.07, 6.45) is 9.41. The number of nitrogens with two attached hydrogens (primary N) is 1. The maximum atomic E-state index is 5.56. The van der Waals surface area contributed by atoms with Crippen molar-refractivity contribution in [2.45, 2.75) is 45.4 Å². The van der Waals surface area contributed by atoms with Crippen LogP contribution >= 0.6 is 0 Å². The number of unbranched alkanes of at least 4 members (excludes halogenated alkanes) is 4. The second kappa shape index (κ2) is 6.41. The monoisotopic (exact) mass is 192 g/mol. The van der Waals surface area contributed by atoms with E-state index >= 15 is 0 Å². The first-order valence-corrected chi connectivity index (χ1v) is 5.53. The van der Waals surface area contributed by atoms with Crippen molar-refractivity contribution in [1.82, 2.24) is 4.98 Å². The summed E-state index contributed by atoms with van der Waals surface area (Å²) < 4.78 is 0. The highest BCUT2D eigenvalue weighted by atomic mass is 14.7. The third kappa shape index (κ3) is 4.26. The summed E-state index contributed by atoms with van der Waals surface area (Å²) in [7, 11) is 0. The smallest absolute Gasteiger partial charge is 0.0501 e. The zero-order chi connectivity index (χ0) is 10.2. The highest BCUT2D eigenvalue weighted by molar-refractivity contribution is 5.34. The lowest BCUT2D eigenvalue weighted by atomic mass is 10.1. The van der Waals surface area contributed by atoms with Crippen LogP contribution in [0.25, 0.3) is 0 Å². The fourth-order valence-electron chi connectivity index (χ4n) is 1.49. The van der Waals surface area contributed by atoms with Gasteiger partial charge in [-0.15, -0.1) is 0 Å². The Hall–Kier alpha value is -1.05. The number of hydrogen-bond acceptors (Lipinski definition) is 2. The number of nitrogen functional groups attached to an aromatic ring is 1. The van der Waals surface area contributed by atoms with E-state index in [4.69, 9.17) is 5.73 Å². The second-order valence-electron chi connectivity index (χ2n) is 3.75. The quantitative estimate of drug-likeness (QED) is 0.703. The van der Waals surface area contributed by atoms with E-state index in [0.29, 0.717) is 0 Å². The zero-order valence-corrected chi connectivity index (χ0v) is 9.00. The standard InChI is InChI=1S/C12H20N2/c1-2-3-4-5-6-7-12-9-8-11(13)10-14-12/h8-10H,2-7,13H2,1H3. The van der Waals surface area contributed by atoms with Gasteiger partial charge in [-0.2, -0.15) is 0 Å². The van der Waals surface area contributed by atoms with Gasteiger partial charge in [0.15, 0.2) is 0 Å². The molecule has 0 spiro atoms. The summed E-state index contributed by atoms with van der Waals surface area (Å²) in [6.45, 7) is 2.24. The van der Waals surface area contributed by atoms with Gasteiger partial charge in [-0.1, -0.05) is 32.6 Å². The minimum atomic E-state index is 0.750. The van der Waals surface area contributed by atoms with Crippen molar-refractivity contribution < 1.29 is 0 Å². The lowest BCUT2D eigenvalue weighted by molar-refractivity contribution is 0.628. The number of nitrogens with zero attached hydrogens (tertiary/aromatic N) is 1. The van der Waals surface area contributed by atoms with E-state index in [2.05, 4.69) is 11.9 Å². The van der Waals surface area contributed by atoms with Crippen LogP contribution in [-0.2, 0) is 6.42 Å². The van der Waals surface area contributed by atoms with Crippen LogP contribution in [0.4, 0.5) is 5.69 Å². The molecular weight excluding hydrogens is 172 g/mol. The molecule has 0 saturated heterocycles. The lowest BCUT2D eigenvalue weighted by Crippen LogP contribution is -1.92. The first-order chi connectivity index (χ1) is 6.83.